The van der Waals surface area contributed by atoms with Gasteiger partial charge >= 0.3 is 25.7 Å². The second-order valence-electron chi connectivity index (χ2n) is 7.49. The van der Waals surface area contributed by atoms with E-state index in [0.717, 1.165) is 32.1 Å². The second-order valence-corrected chi connectivity index (χ2v) is 9.10. The first-order valence-corrected chi connectivity index (χ1v) is 11.8. The lowest BCUT2D eigenvalue weighted by Gasteiger charge is -2.15. The maximum atomic E-state index is 13.2. The Bertz CT molecular complexity index is 875. The summed E-state index contributed by atoms with van der Waals surface area (Å²) in [6, 6.07) is 11.4. The molecule has 0 bridgehead atoms. The zero-order chi connectivity index (χ0) is 23.8. The Labute approximate surface area is 183 Å². The first-order chi connectivity index (χ1) is 15.0. The smallest absolute Gasteiger partial charge is 0.234 e. The summed E-state index contributed by atoms with van der Waals surface area (Å²) < 4.78 is 91.4. The van der Waals surface area contributed by atoms with Gasteiger partial charge in [-0.25, -0.2) is 4.79 Å². The molecule has 174 valence electrons. The number of hydrogen-bond acceptors (Lipinski definition) is 2. The molecule has 2 aromatic rings. The molecule has 1 atom stereocenters. The average molecular weight is 477 g/mol. The highest BCUT2D eigenvalue weighted by Crippen LogP contribution is 2.43. The van der Waals surface area contributed by atoms with E-state index in [2.05, 4.69) is 12.1 Å². The number of carbonyl (C=O) groups excluding carboxylic acids is 1. The van der Waals surface area contributed by atoms with E-state index < -0.39 is 42.4 Å². The summed E-state index contributed by atoms with van der Waals surface area (Å²) in [6.45, 7) is 0. The molecular formula is C23H24F6O2P+. The highest BCUT2D eigenvalue weighted by molar-refractivity contribution is 7.64. The number of benzene rings is 2. The Hall–Kier alpha value is -2.21. The van der Waals surface area contributed by atoms with E-state index in [-0.39, 0.29) is 6.16 Å². The number of rotatable bonds is 11. The summed E-state index contributed by atoms with van der Waals surface area (Å²) in [7, 11) is -2.89. The number of aryl methyl sites for hydroxylation is 1. The highest BCUT2D eigenvalue weighted by atomic mass is 31.1. The molecule has 2 rings (SSSR count). The molecule has 1 unspecified atom stereocenters. The van der Waals surface area contributed by atoms with Crippen LogP contribution in [0.2, 0.25) is 0 Å². The molecule has 0 aliphatic carbocycles. The molecule has 0 aromatic heterocycles. The molecule has 0 aliphatic rings. The molecule has 2 aromatic carbocycles. The Morgan fingerprint density at radius 3 is 1.72 bits per heavy atom. The number of halogens is 6. The van der Waals surface area contributed by atoms with E-state index in [1.807, 2.05) is 18.2 Å². The van der Waals surface area contributed by atoms with Gasteiger partial charge in [-0.3, -0.25) is 0 Å². The van der Waals surface area contributed by atoms with Gasteiger partial charge in [0.25, 0.3) is 0 Å². The summed E-state index contributed by atoms with van der Waals surface area (Å²) in [5.74, 6) is 0. The Kier molecular flexibility index (Phi) is 9.44. The summed E-state index contributed by atoms with van der Waals surface area (Å²) in [6.07, 6.45) is -5.01. The van der Waals surface area contributed by atoms with Crippen LogP contribution in [0.3, 0.4) is 0 Å². The standard InChI is InChI=1S/C23H24F6O2P/c24-22(25,26)18-14-10-15-19(23(27,28)29)20(18)21(30)32(31)16-9-4-2-1-3-6-11-17-12-7-5-8-13-17/h5,7-8,10,12-15H,1-4,6,9,11,16H2/q+1. The van der Waals surface area contributed by atoms with Crippen molar-refractivity contribution in [3.63, 3.8) is 0 Å². The summed E-state index contributed by atoms with van der Waals surface area (Å²) in [4.78, 5) is 12.3. The lowest BCUT2D eigenvalue weighted by atomic mass is 10.0. The van der Waals surface area contributed by atoms with Crippen LogP contribution in [-0.2, 0) is 23.3 Å². The van der Waals surface area contributed by atoms with Crippen molar-refractivity contribution in [1.29, 1.82) is 0 Å². The predicted octanol–water partition coefficient (Wildman–Crippen LogP) is 8.28. The molecule has 0 N–H and O–H groups in total. The zero-order valence-electron chi connectivity index (χ0n) is 17.3. The van der Waals surface area contributed by atoms with Crippen molar-refractivity contribution in [1.82, 2.24) is 0 Å². The topological polar surface area (TPSA) is 34.1 Å². The minimum absolute atomic E-state index is 0.234. The summed E-state index contributed by atoms with van der Waals surface area (Å²) >= 11 is 0. The van der Waals surface area contributed by atoms with E-state index in [9.17, 15) is 35.7 Å². The van der Waals surface area contributed by atoms with Crippen LogP contribution >= 0.6 is 7.80 Å². The van der Waals surface area contributed by atoms with Gasteiger partial charge in [0.15, 0.2) is 6.16 Å². The monoisotopic (exact) mass is 477 g/mol. The number of unbranched alkanes of at least 4 members (excludes halogenated alkanes) is 5. The van der Waals surface area contributed by atoms with Gasteiger partial charge in [-0.1, -0.05) is 60.2 Å². The Morgan fingerprint density at radius 1 is 0.688 bits per heavy atom. The molecule has 0 saturated carbocycles. The highest BCUT2D eigenvalue weighted by Gasteiger charge is 2.47. The molecule has 2 nitrogen and oxygen atoms in total. The predicted molar refractivity (Wildman–Crippen MR) is 111 cm³/mol. The fourth-order valence-corrected chi connectivity index (χ4v) is 4.62. The lowest BCUT2D eigenvalue weighted by molar-refractivity contribution is -0.143. The zero-order valence-corrected chi connectivity index (χ0v) is 18.2. The molecule has 32 heavy (non-hydrogen) atoms. The third-order valence-corrected chi connectivity index (χ3v) is 6.43. The van der Waals surface area contributed by atoms with Crippen molar-refractivity contribution in [3.05, 3.63) is 70.8 Å². The van der Waals surface area contributed by atoms with Gasteiger partial charge in [0.2, 0.25) is 0 Å². The third-order valence-electron chi connectivity index (χ3n) is 5.04. The Morgan fingerprint density at radius 2 is 1.19 bits per heavy atom. The molecule has 0 saturated heterocycles. The van der Waals surface area contributed by atoms with Crippen molar-refractivity contribution in [2.24, 2.45) is 0 Å². The van der Waals surface area contributed by atoms with Crippen molar-refractivity contribution in [2.75, 3.05) is 6.16 Å². The minimum atomic E-state index is -5.16. The van der Waals surface area contributed by atoms with Crippen molar-refractivity contribution in [2.45, 2.75) is 57.3 Å². The summed E-state index contributed by atoms with van der Waals surface area (Å²) in [5.41, 5.74) is -5.31. The van der Waals surface area contributed by atoms with Crippen molar-refractivity contribution >= 4 is 13.3 Å². The van der Waals surface area contributed by atoms with Crippen LogP contribution in [0, 0.1) is 0 Å². The molecule has 0 aliphatic heterocycles. The lowest BCUT2D eigenvalue weighted by Crippen LogP contribution is -2.19. The molecule has 9 heteroatoms. The van der Waals surface area contributed by atoms with Gasteiger partial charge in [-0.05, 0) is 43.4 Å². The van der Waals surface area contributed by atoms with Crippen LogP contribution in [0.1, 0.15) is 65.6 Å². The van der Waals surface area contributed by atoms with E-state index in [1.165, 1.54) is 5.56 Å². The van der Waals surface area contributed by atoms with Crippen LogP contribution in [0.15, 0.2) is 48.5 Å². The van der Waals surface area contributed by atoms with Crippen molar-refractivity contribution < 1.29 is 35.7 Å². The number of alkyl halides is 6. The number of hydrogen-bond donors (Lipinski definition) is 0. The largest absolute Gasteiger partial charge is 0.420 e. The first kappa shape index (κ1) is 26.0. The van der Waals surface area contributed by atoms with Crippen LogP contribution in [0.25, 0.3) is 0 Å². The van der Waals surface area contributed by atoms with Crippen molar-refractivity contribution in [3.8, 4) is 0 Å². The molecule has 0 radical (unpaired) electrons. The Balaban J connectivity index is 1.86. The third kappa shape index (κ3) is 7.73. The number of carbonyl (C=O) groups is 1. The van der Waals surface area contributed by atoms with E-state index in [0.29, 0.717) is 31.0 Å². The molecule has 0 heterocycles. The van der Waals surface area contributed by atoms with Crippen LogP contribution < -0.4 is 0 Å². The van der Waals surface area contributed by atoms with E-state index in [4.69, 9.17) is 0 Å². The van der Waals surface area contributed by atoms with Gasteiger partial charge in [0.1, 0.15) is 0 Å². The maximum Gasteiger partial charge on any atom is 0.420 e. The molecule has 0 fully saturated rings. The molecule has 0 amide bonds. The average Bonchev–Trinajstić information content (AvgIpc) is 2.73. The van der Waals surface area contributed by atoms with Gasteiger partial charge in [0, 0.05) is 0 Å². The normalized spacial score (nSPS) is 12.6. The van der Waals surface area contributed by atoms with E-state index >= 15 is 0 Å². The van der Waals surface area contributed by atoms with Crippen LogP contribution in [0.4, 0.5) is 26.3 Å². The van der Waals surface area contributed by atoms with E-state index in [1.54, 1.807) is 0 Å². The SMILES string of the molecule is O=C(c1c(C(F)(F)F)cccc1C(F)(F)F)[P+](=O)CCCCCCCCc1ccccc1. The first-order valence-electron chi connectivity index (χ1n) is 10.3. The maximum absolute atomic E-state index is 13.2. The molecular weight excluding hydrogens is 453 g/mol. The summed E-state index contributed by atoms with van der Waals surface area (Å²) in [5, 5.41) is 0. The fourth-order valence-electron chi connectivity index (χ4n) is 3.42. The van der Waals surface area contributed by atoms with Crippen LogP contribution in [0.5, 0.6) is 0 Å². The van der Waals surface area contributed by atoms with Gasteiger partial charge in [-0.2, -0.15) is 26.3 Å². The van der Waals surface area contributed by atoms with Gasteiger partial charge in [0.05, 0.1) is 16.7 Å². The quantitative estimate of drug-likeness (QED) is 0.185. The van der Waals surface area contributed by atoms with Gasteiger partial charge in [-0.15, -0.1) is 0 Å². The minimum Gasteiger partial charge on any atom is -0.234 e. The van der Waals surface area contributed by atoms with Gasteiger partial charge < -0.3 is 0 Å². The molecule has 0 spiro atoms. The fraction of sp³-hybridized carbons (Fsp3) is 0.435. The van der Waals surface area contributed by atoms with Crippen LogP contribution in [-0.4, -0.2) is 11.7 Å². The second kappa shape index (κ2) is 11.6.